The Morgan fingerprint density at radius 3 is 2.29 bits per heavy atom. The number of halogens is 1. The van der Waals surface area contributed by atoms with E-state index in [1.54, 1.807) is 4.90 Å². The van der Waals surface area contributed by atoms with Crippen LogP contribution in [-0.2, 0) is 11.2 Å². The van der Waals surface area contributed by atoms with Gasteiger partial charge in [-0.15, -0.1) is 0 Å². The maximum atomic E-state index is 12.2. The van der Waals surface area contributed by atoms with Crippen molar-refractivity contribution in [2.24, 2.45) is 5.73 Å². The van der Waals surface area contributed by atoms with E-state index in [4.69, 9.17) is 5.73 Å². The fourth-order valence-electron chi connectivity index (χ4n) is 2.71. The standard InChI is InChI=1S/C17H17BrN2O/c1-2-11-3-9-14(10-4-11)20-16(15(19)17(20)21)12-5-7-13(18)8-6-12/h3-10,15-16H,2,19H2,1H3/t15-,16-/m1/s1. The van der Waals surface area contributed by atoms with Gasteiger partial charge in [-0.2, -0.15) is 0 Å². The van der Waals surface area contributed by atoms with Crippen LogP contribution in [0, 0.1) is 0 Å². The maximum Gasteiger partial charge on any atom is 0.247 e. The lowest BCUT2D eigenvalue weighted by atomic mass is 9.88. The lowest BCUT2D eigenvalue weighted by Crippen LogP contribution is -2.63. The molecule has 2 aromatic rings. The third-order valence-corrected chi connectivity index (χ3v) is 4.50. The number of anilines is 1. The van der Waals surface area contributed by atoms with Crippen LogP contribution in [0.2, 0.25) is 0 Å². The molecule has 2 N–H and O–H groups in total. The van der Waals surface area contributed by atoms with Crippen LogP contribution < -0.4 is 10.6 Å². The SMILES string of the molecule is CCc1ccc(N2C(=O)[C@H](N)[C@H]2c2ccc(Br)cc2)cc1. The van der Waals surface area contributed by atoms with Crippen LogP contribution in [-0.4, -0.2) is 11.9 Å². The number of β-lactam (4-membered cyclic amide) rings is 1. The molecule has 2 aromatic carbocycles. The first-order valence-corrected chi connectivity index (χ1v) is 7.84. The third-order valence-electron chi connectivity index (χ3n) is 3.98. The Labute approximate surface area is 132 Å². The lowest BCUT2D eigenvalue weighted by Gasteiger charge is -2.45. The molecule has 0 unspecified atom stereocenters. The number of hydrogen-bond donors (Lipinski definition) is 1. The van der Waals surface area contributed by atoms with Gasteiger partial charge in [-0.05, 0) is 41.8 Å². The van der Waals surface area contributed by atoms with Gasteiger partial charge in [0.15, 0.2) is 0 Å². The van der Waals surface area contributed by atoms with Gasteiger partial charge in [0.25, 0.3) is 0 Å². The highest BCUT2D eigenvalue weighted by molar-refractivity contribution is 9.10. The zero-order chi connectivity index (χ0) is 15.0. The summed E-state index contributed by atoms with van der Waals surface area (Å²) in [6, 6.07) is 15.5. The van der Waals surface area contributed by atoms with Crippen molar-refractivity contribution in [3.8, 4) is 0 Å². The number of carbonyl (C=O) groups is 1. The van der Waals surface area contributed by atoms with Crippen LogP contribution in [0.15, 0.2) is 53.0 Å². The van der Waals surface area contributed by atoms with E-state index in [1.165, 1.54) is 5.56 Å². The number of carbonyl (C=O) groups excluding carboxylic acids is 1. The van der Waals surface area contributed by atoms with Gasteiger partial charge in [-0.25, -0.2) is 0 Å². The molecule has 1 saturated heterocycles. The zero-order valence-corrected chi connectivity index (χ0v) is 13.4. The van der Waals surface area contributed by atoms with Crippen LogP contribution >= 0.6 is 15.9 Å². The van der Waals surface area contributed by atoms with Crippen LogP contribution in [0.5, 0.6) is 0 Å². The first kappa shape index (κ1) is 14.3. The average molecular weight is 345 g/mol. The van der Waals surface area contributed by atoms with Gasteiger partial charge in [-0.3, -0.25) is 4.79 Å². The van der Waals surface area contributed by atoms with Gasteiger partial charge in [-0.1, -0.05) is 47.1 Å². The fourth-order valence-corrected chi connectivity index (χ4v) is 2.97. The highest BCUT2D eigenvalue weighted by atomic mass is 79.9. The molecule has 0 saturated carbocycles. The lowest BCUT2D eigenvalue weighted by molar-refractivity contribution is -0.126. The van der Waals surface area contributed by atoms with E-state index in [0.29, 0.717) is 0 Å². The largest absolute Gasteiger partial charge is 0.318 e. The fraction of sp³-hybridized carbons (Fsp3) is 0.235. The quantitative estimate of drug-likeness (QED) is 0.867. The van der Waals surface area contributed by atoms with Crippen molar-refractivity contribution in [1.82, 2.24) is 0 Å². The Hall–Kier alpha value is -1.65. The van der Waals surface area contributed by atoms with Crippen LogP contribution in [0.4, 0.5) is 5.69 Å². The van der Waals surface area contributed by atoms with Gasteiger partial charge >= 0.3 is 0 Å². The van der Waals surface area contributed by atoms with E-state index < -0.39 is 6.04 Å². The molecular formula is C17H17BrN2O. The Balaban J connectivity index is 1.92. The van der Waals surface area contributed by atoms with E-state index in [0.717, 1.165) is 22.1 Å². The van der Waals surface area contributed by atoms with Gasteiger partial charge in [0.2, 0.25) is 5.91 Å². The maximum absolute atomic E-state index is 12.2. The van der Waals surface area contributed by atoms with Crippen molar-refractivity contribution in [2.45, 2.75) is 25.4 Å². The summed E-state index contributed by atoms with van der Waals surface area (Å²) in [5, 5.41) is 0. The second-order valence-electron chi connectivity index (χ2n) is 5.25. The topological polar surface area (TPSA) is 46.3 Å². The molecule has 1 amide bonds. The monoisotopic (exact) mass is 344 g/mol. The van der Waals surface area contributed by atoms with Crippen molar-refractivity contribution in [2.75, 3.05) is 4.90 Å². The van der Waals surface area contributed by atoms with Crippen LogP contribution in [0.25, 0.3) is 0 Å². The first-order chi connectivity index (χ1) is 10.1. The van der Waals surface area contributed by atoms with E-state index in [-0.39, 0.29) is 11.9 Å². The zero-order valence-electron chi connectivity index (χ0n) is 11.8. The number of nitrogens with zero attached hydrogens (tertiary/aromatic N) is 1. The minimum Gasteiger partial charge on any atom is -0.318 e. The molecular weight excluding hydrogens is 328 g/mol. The van der Waals surface area contributed by atoms with Crippen molar-refractivity contribution < 1.29 is 4.79 Å². The molecule has 3 rings (SSSR count). The Morgan fingerprint density at radius 1 is 1.10 bits per heavy atom. The van der Waals surface area contributed by atoms with Gasteiger partial charge in [0.1, 0.15) is 6.04 Å². The smallest absolute Gasteiger partial charge is 0.247 e. The second-order valence-corrected chi connectivity index (χ2v) is 6.17. The summed E-state index contributed by atoms with van der Waals surface area (Å²) in [7, 11) is 0. The van der Waals surface area contributed by atoms with Crippen LogP contribution in [0.1, 0.15) is 24.1 Å². The molecule has 0 spiro atoms. The van der Waals surface area contributed by atoms with E-state index in [9.17, 15) is 4.79 Å². The summed E-state index contributed by atoms with van der Waals surface area (Å²) in [6.45, 7) is 2.12. The number of benzene rings is 2. The molecule has 1 aliphatic rings. The summed E-state index contributed by atoms with van der Waals surface area (Å²) in [5.74, 6) is -0.0211. The highest BCUT2D eigenvalue weighted by Gasteiger charge is 2.46. The Morgan fingerprint density at radius 2 is 1.71 bits per heavy atom. The number of aryl methyl sites for hydroxylation is 1. The molecule has 108 valence electrons. The minimum atomic E-state index is -0.461. The molecule has 3 nitrogen and oxygen atoms in total. The summed E-state index contributed by atoms with van der Waals surface area (Å²) in [6.07, 6.45) is 0.990. The predicted molar refractivity (Wildman–Crippen MR) is 88.2 cm³/mol. The number of amides is 1. The first-order valence-electron chi connectivity index (χ1n) is 7.05. The average Bonchev–Trinajstić information content (AvgIpc) is 2.53. The molecule has 0 aliphatic carbocycles. The Kier molecular flexibility index (Phi) is 3.83. The van der Waals surface area contributed by atoms with Gasteiger partial charge < -0.3 is 10.6 Å². The molecule has 0 aromatic heterocycles. The third kappa shape index (κ3) is 2.49. The number of rotatable bonds is 3. The summed E-state index contributed by atoms with van der Waals surface area (Å²) < 4.78 is 1.02. The number of nitrogens with two attached hydrogens (primary N) is 1. The molecule has 1 aliphatic heterocycles. The van der Waals surface area contributed by atoms with Crippen LogP contribution in [0.3, 0.4) is 0 Å². The van der Waals surface area contributed by atoms with Gasteiger partial charge in [0.05, 0.1) is 6.04 Å². The molecule has 1 heterocycles. The van der Waals surface area contributed by atoms with Crippen molar-refractivity contribution in [3.63, 3.8) is 0 Å². The minimum absolute atomic E-state index is 0.0211. The predicted octanol–water partition coefficient (Wildman–Crippen LogP) is 3.43. The van der Waals surface area contributed by atoms with Gasteiger partial charge in [0, 0.05) is 10.2 Å². The van der Waals surface area contributed by atoms with Crippen molar-refractivity contribution in [1.29, 1.82) is 0 Å². The molecule has 4 heteroatoms. The molecule has 0 radical (unpaired) electrons. The summed E-state index contributed by atoms with van der Waals surface area (Å²) >= 11 is 3.43. The summed E-state index contributed by atoms with van der Waals surface area (Å²) in [4.78, 5) is 13.9. The van der Waals surface area contributed by atoms with E-state index in [1.807, 2.05) is 36.4 Å². The molecule has 1 fully saturated rings. The van der Waals surface area contributed by atoms with E-state index >= 15 is 0 Å². The normalized spacial score (nSPS) is 21.3. The van der Waals surface area contributed by atoms with E-state index in [2.05, 4.69) is 35.0 Å². The second kappa shape index (κ2) is 5.62. The number of hydrogen-bond acceptors (Lipinski definition) is 2. The molecule has 0 bridgehead atoms. The summed E-state index contributed by atoms with van der Waals surface area (Å²) in [5.41, 5.74) is 9.25. The Bertz CT molecular complexity index is 651. The van der Waals surface area contributed by atoms with Crippen molar-refractivity contribution >= 4 is 27.5 Å². The molecule has 2 atom stereocenters. The van der Waals surface area contributed by atoms with Crippen molar-refractivity contribution in [3.05, 3.63) is 64.1 Å². The molecule has 21 heavy (non-hydrogen) atoms. The highest BCUT2D eigenvalue weighted by Crippen LogP contribution is 2.38.